The van der Waals surface area contributed by atoms with Gasteiger partial charge in [0.25, 0.3) is 0 Å². The van der Waals surface area contributed by atoms with Crippen LogP contribution in [0.3, 0.4) is 0 Å². The van der Waals surface area contributed by atoms with Crippen molar-refractivity contribution in [3.05, 3.63) is 40.8 Å². The quantitative estimate of drug-likeness (QED) is 0.833. The molecule has 0 unspecified atom stereocenters. The standard InChI is InChI=1S/C20H18F3N5O/c21-20(22,23)16-5-4-12(9-26-16)17-13(8-24)18(25)27-15-6-7-28(10-14(15)17)19(29)11-2-1-3-11/h4-5,9,11H,1-3,6-7,10H2,(H2,25,27). The highest BCUT2D eigenvalue weighted by Crippen LogP contribution is 2.37. The van der Waals surface area contributed by atoms with Gasteiger partial charge in [0.1, 0.15) is 23.1 Å². The number of nitrogens with zero attached hydrogens (tertiary/aromatic N) is 4. The molecule has 29 heavy (non-hydrogen) atoms. The third kappa shape index (κ3) is 3.39. The third-order valence-electron chi connectivity index (χ3n) is 5.60. The number of halogens is 3. The minimum absolute atomic E-state index is 0.0277. The van der Waals surface area contributed by atoms with Crippen LogP contribution in [0.5, 0.6) is 0 Å². The highest BCUT2D eigenvalue weighted by molar-refractivity contribution is 5.82. The summed E-state index contributed by atoms with van der Waals surface area (Å²) in [5, 5.41) is 9.61. The number of carbonyl (C=O) groups excluding carboxylic acids is 1. The number of nitrogens with two attached hydrogens (primary N) is 1. The molecule has 2 aliphatic rings. The summed E-state index contributed by atoms with van der Waals surface area (Å²) >= 11 is 0. The Kier molecular flexibility index (Phi) is 4.65. The lowest BCUT2D eigenvalue weighted by molar-refractivity contribution is -0.141. The average Bonchev–Trinajstić information content (AvgIpc) is 2.64. The Morgan fingerprint density at radius 1 is 1.31 bits per heavy atom. The molecule has 1 aliphatic heterocycles. The molecule has 0 aromatic carbocycles. The summed E-state index contributed by atoms with van der Waals surface area (Å²) in [6, 6.07) is 4.16. The Labute approximate surface area is 165 Å². The van der Waals surface area contributed by atoms with Gasteiger partial charge in [-0.1, -0.05) is 12.5 Å². The second-order valence-corrected chi connectivity index (χ2v) is 7.35. The largest absolute Gasteiger partial charge is 0.433 e. The number of nitrogen functional groups attached to an aromatic ring is 1. The molecule has 1 fully saturated rings. The molecule has 0 bridgehead atoms. The van der Waals surface area contributed by atoms with Crippen LogP contribution < -0.4 is 5.73 Å². The fourth-order valence-electron chi connectivity index (χ4n) is 3.82. The minimum atomic E-state index is -4.56. The Hall–Kier alpha value is -3.15. The first-order valence-electron chi connectivity index (χ1n) is 9.33. The van der Waals surface area contributed by atoms with E-state index >= 15 is 0 Å². The predicted molar refractivity (Wildman–Crippen MR) is 98.1 cm³/mol. The van der Waals surface area contributed by atoms with E-state index in [9.17, 15) is 23.2 Å². The predicted octanol–water partition coefficient (Wildman–Crippen LogP) is 3.30. The fourth-order valence-corrected chi connectivity index (χ4v) is 3.82. The van der Waals surface area contributed by atoms with Crippen LogP contribution in [0.1, 0.15) is 41.8 Å². The lowest BCUT2D eigenvalue weighted by atomic mass is 9.83. The topological polar surface area (TPSA) is 95.9 Å². The number of anilines is 1. The van der Waals surface area contributed by atoms with E-state index < -0.39 is 11.9 Å². The summed E-state index contributed by atoms with van der Waals surface area (Å²) < 4.78 is 38.6. The van der Waals surface area contributed by atoms with Crippen molar-refractivity contribution < 1.29 is 18.0 Å². The summed E-state index contributed by atoms with van der Waals surface area (Å²) in [5.41, 5.74) is 7.08. The van der Waals surface area contributed by atoms with Crippen LogP contribution in [0, 0.1) is 17.2 Å². The van der Waals surface area contributed by atoms with E-state index in [0.717, 1.165) is 31.5 Å². The van der Waals surface area contributed by atoms with E-state index in [4.69, 9.17) is 5.73 Å². The Bertz CT molecular complexity index is 1010. The van der Waals surface area contributed by atoms with E-state index in [0.29, 0.717) is 35.3 Å². The second-order valence-electron chi connectivity index (χ2n) is 7.35. The molecule has 1 amide bonds. The Balaban J connectivity index is 1.78. The van der Waals surface area contributed by atoms with Crippen molar-refractivity contribution in [3.8, 4) is 17.2 Å². The number of nitriles is 1. The first-order valence-corrected chi connectivity index (χ1v) is 9.33. The van der Waals surface area contributed by atoms with Crippen LogP contribution in [0.25, 0.3) is 11.1 Å². The first kappa shape index (κ1) is 19.2. The van der Waals surface area contributed by atoms with Gasteiger partial charge in [-0.15, -0.1) is 0 Å². The summed E-state index contributed by atoms with van der Waals surface area (Å²) in [5.74, 6) is 0.138. The van der Waals surface area contributed by atoms with Crippen LogP contribution in [-0.4, -0.2) is 27.3 Å². The smallest absolute Gasteiger partial charge is 0.383 e. The molecule has 2 aromatic heterocycles. The molecule has 0 atom stereocenters. The van der Waals surface area contributed by atoms with Gasteiger partial charge in [0, 0.05) is 48.3 Å². The number of hydrogen-bond acceptors (Lipinski definition) is 5. The maximum absolute atomic E-state index is 12.9. The van der Waals surface area contributed by atoms with Crippen molar-refractivity contribution >= 4 is 11.7 Å². The second kappa shape index (κ2) is 7.03. The molecule has 0 spiro atoms. The molecular formula is C20H18F3N5O. The molecule has 0 radical (unpaired) electrons. The highest BCUT2D eigenvalue weighted by atomic mass is 19.4. The monoisotopic (exact) mass is 401 g/mol. The van der Waals surface area contributed by atoms with Gasteiger partial charge in [-0.05, 0) is 18.9 Å². The van der Waals surface area contributed by atoms with Crippen LogP contribution in [-0.2, 0) is 23.9 Å². The van der Waals surface area contributed by atoms with Gasteiger partial charge in [-0.3, -0.25) is 9.78 Å². The summed E-state index contributed by atoms with van der Waals surface area (Å²) in [4.78, 5) is 22.3. The maximum atomic E-state index is 12.9. The minimum Gasteiger partial charge on any atom is -0.383 e. The number of fused-ring (bicyclic) bond motifs is 1. The van der Waals surface area contributed by atoms with Crippen molar-refractivity contribution in [3.63, 3.8) is 0 Å². The number of carbonyl (C=O) groups is 1. The molecule has 150 valence electrons. The molecule has 1 saturated carbocycles. The van der Waals surface area contributed by atoms with Gasteiger partial charge in [-0.25, -0.2) is 4.98 Å². The highest BCUT2D eigenvalue weighted by Gasteiger charge is 2.34. The van der Waals surface area contributed by atoms with Crippen molar-refractivity contribution in [1.82, 2.24) is 14.9 Å². The number of rotatable bonds is 2. The number of aromatic nitrogens is 2. The molecule has 6 nitrogen and oxygen atoms in total. The van der Waals surface area contributed by atoms with E-state index in [1.807, 2.05) is 6.07 Å². The molecule has 4 rings (SSSR count). The lowest BCUT2D eigenvalue weighted by Gasteiger charge is -2.35. The van der Waals surface area contributed by atoms with E-state index in [2.05, 4.69) is 9.97 Å². The third-order valence-corrected chi connectivity index (χ3v) is 5.60. The van der Waals surface area contributed by atoms with Gasteiger partial charge in [0.2, 0.25) is 5.91 Å². The Morgan fingerprint density at radius 2 is 2.07 bits per heavy atom. The van der Waals surface area contributed by atoms with E-state index in [-0.39, 0.29) is 29.8 Å². The fraction of sp³-hybridized carbons (Fsp3) is 0.400. The van der Waals surface area contributed by atoms with E-state index in [1.54, 1.807) is 4.90 Å². The molecule has 9 heteroatoms. The molecule has 1 aliphatic carbocycles. The van der Waals surface area contributed by atoms with Crippen LogP contribution in [0.15, 0.2) is 18.3 Å². The average molecular weight is 401 g/mol. The summed E-state index contributed by atoms with van der Waals surface area (Å²) in [6.07, 6.45) is -0.196. The Morgan fingerprint density at radius 3 is 2.62 bits per heavy atom. The van der Waals surface area contributed by atoms with Gasteiger partial charge < -0.3 is 10.6 Å². The van der Waals surface area contributed by atoms with Crippen LogP contribution >= 0.6 is 0 Å². The van der Waals surface area contributed by atoms with Crippen molar-refractivity contribution in [2.24, 2.45) is 5.92 Å². The van der Waals surface area contributed by atoms with E-state index in [1.165, 1.54) is 6.07 Å². The normalized spacial score (nSPS) is 16.7. The van der Waals surface area contributed by atoms with Crippen LogP contribution in [0.2, 0.25) is 0 Å². The number of hydrogen-bond donors (Lipinski definition) is 1. The molecule has 2 N–H and O–H groups in total. The number of pyridine rings is 2. The van der Waals surface area contributed by atoms with Gasteiger partial charge in [0.05, 0.1) is 5.69 Å². The molecule has 0 saturated heterocycles. The van der Waals surface area contributed by atoms with Crippen molar-refractivity contribution in [2.75, 3.05) is 12.3 Å². The van der Waals surface area contributed by atoms with Gasteiger partial charge in [0.15, 0.2) is 0 Å². The zero-order valence-electron chi connectivity index (χ0n) is 15.5. The zero-order valence-corrected chi connectivity index (χ0v) is 15.5. The zero-order chi connectivity index (χ0) is 20.8. The summed E-state index contributed by atoms with van der Waals surface area (Å²) in [7, 11) is 0. The first-order chi connectivity index (χ1) is 13.8. The maximum Gasteiger partial charge on any atom is 0.433 e. The lowest BCUT2D eigenvalue weighted by Crippen LogP contribution is -2.42. The molecule has 2 aromatic rings. The van der Waals surface area contributed by atoms with Crippen LogP contribution in [0.4, 0.5) is 19.0 Å². The van der Waals surface area contributed by atoms with Gasteiger partial charge in [-0.2, -0.15) is 18.4 Å². The van der Waals surface area contributed by atoms with Gasteiger partial charge >= 0.3 is 6.18 Å². The number of alkyl halides is 3. The van der Waals surface area contributed by atoms with Crippen molar-refractivity contribution in [1.29, 1.82) is 5.26 Å². The van der Waals surface area contributed by atoms with Crippen molar-refractivity contribution in [2.45, 2.75) is 38.4 Å². The molecular weight excluding hydrogens is 383 g/mol. The SMILES string of the molecule is N#Cc1c(N)nc2c(c1-c1ccc(C(F)(F)F)nc1)CN(C(=O)C1CCC1)CC2. The summed E-state index contributed by atoms with van der Waals surface area (Å²) in [6.45, 7) is 0.758. The molecule has 3 heterocycles. The number of amides is 1.